The summed E-state index contributed by atoms with van der Waals surface area (Å²) < 4.78 is 15.4. The van der Waals surface area contributed by atoms with Crippen LogP contribution in [0.1, 0.15) is 25.1 Å². The molecule has 2 rings (SSSR count). The van der Waals surface area contributed by atoms with Gasteiger partial charge in [0.1, 0.15) is 11.5 Å². The third-order valence-electron chi connectivity index (χ3n) is 2.85. The van der Waals surface area contributed by atoms with Gasteiger partial charge >= 0.3 is 0 Å². The molecule has 0 fully saturated rings. The molecule has 0 aliphatic rings. The van der Waals surface area contributed by atoms with Gasteiger partial charge in [-0.25, -0.2) is 9.07 Å². The molecule has 2 aromatic rings. The molecule has 2 nitrogen and oxygen atoms in total. The van der Waals surface area contributed by atoms with Crippen molar-refractivity contribution in [1.29, 1.82) is 0 Å². The molecule has 0 aliphatic heterocycles. The fraction of sp³-hybridized carbons (Fsp3) is 0.333. The van der Waals surface area contributed by atoms with E-state index in [1.165, 1.54) is 17.5 Å². The highest BCUT2D eigenvalue weighted by atomic mass is 79.9. The molecule has 0 amide bonds. The topological polar surface area (TPSA) is 17.8 Å². The van der Waals surface area contributed by atoms with Gasteiger partial charge in [-0.3, -0.25) is 0 Å². The number of alkyl halides is 1. The quantitative estimate of drug-likeness (QED) is 0.757. The van der Waals surface area contributed by atoms with Crippen LogP contribution in [-0.4, -0.2) is 15.1 Å². The van der Waals surface area contributed by atoms with Gasteiger partial charge in [-0.2, -0.15) is 5.10 Å². The zero-order valence-electron chi connectivity index (χ0n) is 11.2. The Morgan fingerprint density at radius 2 is 2.05 bits per heavy atom. The Balaban J connectivity index is 2.39. The van der Waals surface area contributed by atoms with E-state index in [1.807, 2.05) is 12.3 Å². The van der Waals surface area contributed by atoms with Gasteiger partial charge in [-0.15, -0.1) is 0 Å². The molecule has 0 unspecified atom stereocenters. The van der Waals surface area contributed by atoms with Gasteiger partial charge in [0.2, 0.25) is 0 Å². The van der Waals surface area contributed by atoms with Crippen LogP contribution in [-0.2, 0) is 12.8 Å². The maximum absolute atomic E-state index is 13.8. The van der Waals surface area contributed by atoms with E-state index in [9.17, 15) is 4.39 Å². The van der Waals surface area contributed by atoms with Gasteiger partial charge in [-0.05, 0) is 30.0 Å². The Kier molecular flexibility index (Phi) is 4.75. The standard InChI is InChI=1S/C15H17BrFN2/c1-11(2)9-12-10-19(18-14(12)7-8-16)15-6-4-3-5-13(15)17/h3-6,10H,7-9H2,1-2H3. The summed E-state index contributed by atoms with van der Waals surface area (Å²) in [6.07, 6.45) is 3.67. The highest BCUT2D eigenvalue weighted by molar-refractivity contribution is 9.09. The summed E-state index contributed by atoms with van der Waals surface area (Å²) in [6, 6.07) is 6.71. The van der Waals surface area contributed by atoms with Crippen molar-refractivity contribution in [1.82, 2.24) is 9.78 Å². The van der Waals surface area contributed by atoms with Gasteiger partial charge in [-0.1, -0.05) is 41.9 Å². The Hall–Kier alpha value is -1.16. The Bertz CT molecular complexity index is 549. The van der Waals surface area contributed by atoms with E-state index in [1.54, 1.807) is 16.8 Å². The summed E-state index contributed by atoms with van der Waals surface area (Å²) in [6.45, 7) is 4.19. The van der Waals surface area contributed by atoms with E-state index in [-0.39, 0.29) is 5.82 Å². The number of aryl methyl sites for hydroxylation is 1. The number of benzene rings is 1. The van der Waals surface area contributed by atoms with Gasteiger partial charge in [0.15, 0.2) is 0 Å². The van der Waals surface area contributed by atoms with Gasteiger partial charge in [0, 0.05) is 17.9 Å². The van der Waals surface area contributed by atoms with Crippen molar-refractivity contribution in [2.24, 2.45) is 0 Å². The molecule has 0 N–H and O–H groups in total. The average molecular weight is 324 g/mol. The lowest BCUT2D eigenvalue weighted by Crippen LogP contribution is -1.99. The lowest BCUT2D eigenvalue weighted by molar-refractivity contribution is 0.610. The molecular formula is C15H17BrFN2. The molecule has 0 aliphatic carbocycles. The highest BCUT2D eigenvalue weighted by Crippen LogP contribution is 2.19. The highest BCUT2D eigenvalue weighted by Gasteiger charge is 2.13. The minimum absolute atomic E-state index is 0.251. The van der Waals surface area contributed by atoms with Crippen LogP contribution < -0.4 is 0 Å². The maximum Gasteiger partial charge on any atom is 0.148 e. The predicted octanol–water partition coefficient (Wildman–Crippen LogP) is 4.11. The normalized spacial score (nSPS) is 11.2. The first-order chi connectivity index (χ1) is 9.11. The smallest absolute Gasteiger partial charge is 0.148 e. The summed E-state index contributed by atoms with van der Waals surface area (Å²) in [7, 11) is 0. The van der Waals surface area contributed by atoms with E-state index >= 15 is 0 Å². The minimum Gasteiger partial charge on any atom is -0.237 e. The van der Waals surface area contributed by atoms with E-state index in [0.29, 0.717) is 5.69 Å². The zero-order valence-corrected chi connectivity index (χ0v) is 12.7. The van der Waals surface area contributed by atoms with Crippen LogP contribution in [0, 0.1) is 11.7 Å². The van der Waals surface area contributed by atoms with Gasteiger partial charge in [0.05, 0.1) is 5.69 Å². The van der Waals surface area contributed by atoms with Crippen LogP contribution in [0.5, 0.6) is 0 Å². The molecule has 0 atom stereocenters. The lowest BCUT2D eigenvalue weighted by Gasteiger charge is -2.02. The van der Waals surface area contributed by atoms with E-state index in [2.05, 4.69) is 34.9 Å². The van der Waals surface area contributed by atoms with Crippen molar-refractivity contribution in [2.75, 3.05) is 5.33 Å². The molecule has 1 heterocycles. The number of rotatable bonds is 5. The molecule has 1 aromatic carbocycles. The number of hydrogen-bond donors (Lipinski definition) is 0. The summed E-state index contributed by atoms with van der Waals surface area (Å²) in [5.74, 6) is 1.07. The van der Waals surface area contributed by atoms with E-state index < -0.39 is 0 Å². The fourth-order valence-electron chi connectivity index (χ4n) is 2.03. The van der Waals surface area contributed by atoms with Crippen molar-refractivity contribution < 1.29 is 4.39 Å². The second-order valence-electron chi connectivity index (χ2n) is 4.82. The Labute approximate surface area is 121 Å². The first-order valence-corrected chi connectivity index (χ1v) is 7.41. The van der Waals surface area contributed by atoms with Crippen LogP contribution in [0.4, 0.5) is 4.39 Å². The summed E-state index contributed by atoms with van der Waals surface area (Å²) in [5.41, 5.74) is 2.70. The molecule has 1 aromatic heterocycles. The maximum atomic E-state index is 13.8. The number of aromatic nitrogens is 2. The van der Waals surface area contributed by atoms with Gasteiger partial charge < -0.3 is 0 Å². The second-order valence-corrected chi connectivity index (χ2v) is 5.61. The molecular weight excluding hydrogens is 307 g/mol. The van der Waals surface area contributed by atoms with Gasteiger partial charge in [0.25, 0.3) is 0 Å². The Morgan fingerprint density at radius 1 is 1.32 bits per heavy atom. The Morgan fingerprint density at radius 3 is 2.68 bits per heavy atom. The van der Waals surface area contributed by atoms with Crippen LogP contribution in [0.2, 0.25) is 0 Å². The number of nitrogens with zero attached hydrogens (tertiary/aromatic N) is 2. The summed E-state index contributed by atoms with van der Waals surface area (Å²) >= 11 is 3.44. The lowest BCUT2D eigenvalue weighted by atomic mass is 10.0. The summed E-state index contributed by atoms with van der Waals surface area (Å²) in [5, 5.41) is 5.38. The molecule has 4 heteroatoms. The number of hydrogen-bond acceptors (Lipinski definition) is 1. The van der Waals surface area contributed by atoms with Crippen LogP contribution in [0.15, 0.2) is 30.5 Å². The average Bonchev–Trinajstić information content (AvgIpc) is 2.72. The van der Waals surface area contributed by atoms with Crippen molar-refractivity contribution >= 4 is 15.9 Å². The monoisotopic (exact) mass is 323 g/mol. The molecule has 0 saturated heterocycles. The van der Waals surface area contributed by atoms with Crippen LogP contribution >= 0.6 is 15.9 Å². The molecule has 101 valence electrons. The molecule has 0 spiro atoms. The van der Waals surface area contributed by atoms with E-state index in [4.69, 9.17) is 0 Å². The summed E-state index contributed by atoms with van der Waals surface area (Å²) in [4.78, 5) is 0. The molecule has 0 bridgehead atoms. The largest absolute Gasteiger partial charge is 0.237 e. The third-order valence-corrected chi connectivity index (χ3v) is 3.25. The predicted molar refractivity (Wildman–Crippen MR) is 79.3 cm³/mol. The fourth-order valence-corrected chi connectivity index (χ4v) is 2.41. The van der Waals surface area contributed by atoms with Crippen molar-refractivity contribution in [3.63, 3.8) is 0 Å². The third kappa shape index (κ3) is 3.44. The first kappa shape index (κ1) is 14.3. The number of para-hydroxylation sites is 1. The molecule has 1 radical (unpaired) electrons. The van der Waals surface area contributed by atoms with Crippen LogP contribution in [0.25, 0.3) is 5.69 Å². The minimum atomic E-state index is -0.251. The van der Waals surface area contributed by atoms with Crippen molar-refractivity contribution in [3.8, 4) is 5.69 Å². The van der Waals surface area contributed by atoms with E-state index in [0.717, 1.165) is 23.9 Å². The first-order valence-electron chi connectivity index (χ1n) is 6.29. The van der Waals surface area contributed by atoms with Crippen molar-refractivity contribution in [3.05, 3.63) is 53.5 Å². The number of halogens is 2. The van der Waals surface area contributed by atoms with Crippen LogP contribution in [0.3, 0.4) is 0 Å². The SMILES string of the molecule is C[C](C)Cc1cn(-c2ccccc2F)nc1CCBr. The zero-order chi connectivity index (χ0) is 13.8. The molecule has 19 heavy (non-hydrogen) atoms. The van der Waals surface area contributed by atoms with Crippen molar-refractivity contribution in [2.45, 2.75) is 26.7 Å². The second kappa shape index (κ2) is 6.33. The molecule has 0 saturated carbocycles.